The lowest BCUT2D eigenvalue weighted by molar-refractivity contribution is 0.0983. The maximum atomic E-state index is 13.9. The molecule has 0 saturated carbocycles. The number of ether oxygens (including phenoxy) is 3. The molecule has 0 fully saturated rings. The first-order valence-corrected chi connectivity index (χ1v) is 11.7. The molecule has 0 radical (unpaired) electrons. The lowest BCUT2D eigenvalue weighted by Gasteiger charge is -2.22. The molecule has 3 aromatic carbocycles. The fourth-order valence-electron chi connectivity index (χ4n) is 3.64. The predicted octanol–water partition coefficient (Wildman–Crippen LogP) is 5.73. The van der Waals surface area contributed by atoms with Gasteiger partial charge < -0.3 is 14.2 Å². The van der Waals surface area contributed by atoms with Gasteiger partial charge in [0, 0.05) is 29.6 Å². The number of carbonyl (C=O) groups is 1. The van der Waals surface area contributed by atoms with E-state index < -0.39 is 0 Å². The highest BCUT2D eigenvalue weighted by atomic mass is 32.1. The number of methoxy groups -OCH3 is 3. The summed E-state index contributed by atoms with van der Waals surface area (Å²) >= 11 is 1.44. The van der Waals surface area contributed by atoms with Crippen LogP contribution in [-0.4, -0.2) is 38.8 Å². The van der Waals surface area contributed by atoms with Gasteiger partial charge in [-0.05, 0) is 12.0 Å². The minimum absolute atomic E-state index is 0.220. The van der Waals surface area contributed by atoms with Gasteiger partial charge >= 0.3 is 0 Å². The third-order valence-corrected chi connectivity index (χ3v) is 6.30. The van der Waals surface area contributed by atoms with Gasteiger partial charge in [0.15, 0.2) is 16.6 Å². The van der Waals surface area contributed by atoms with Gasteiger partial charge in [0.2, 0.25) is 0 Å². The zero-order chi connectivity index (χ0) is 23.9. The van der Waals surface area contributed by atoms with Gasteiger partial charge in [-0.1, -0.05) is 60.7 Å². The van der Waals surface area contributed by atoms with Crippen molar-refractivity contribution in [3.05, 3.63) is 89.3 Å². The summed E-state index contributed by atoms with van der Waals surface area (Å²) in [5.41, 5.74) is 3.35. The Labute approximate surface area is 203 Å². The van der Waals surface area contributed by atoms with Crippen molar-refractivity contribution in [1.82, 2.24) is 4.98 Å². The fraction of sp³-hybridized carbons (Fsp3) is 0.185. The molecule has 0 saturated heterocycles. The Morgan fingerprint density at radius 1 is 0.853 bits per heavy atom. The summed E-state index contributed by atoms with van der Waals surface area (Å²) in [6.45, 7) is 0.460. The molecule has 0 aliphatic carbocycles. The number of aromatic nitrogens is 1. The number of anilines is 1. The van der Waals surface area contributed by atoms with Crippen LogP contribution in [0.1, 0.15) is 15.9 Å². The molecule has 7 heteroatoms. The van der Waals surface area contributed by atoms with E-state index in [1.807, 2.05) is 53.9 Å². The van der Waals surface area contributed by atoms with Gasteiger partial charge in [0.25, 0.3) is 5.91 Å². The van der Waals surface area contributed by atoms with Crippen LogP contribution in [0, 0.1) is 0 Å². The molecule has 1 heterocycles. The molecule has 0 atom stereocenters. The third-order valence-electron chi connectivity index (χ3n) is 5.44. The van der Waals surface area contributed by atoms with Crippen LogP contribution in [0.25, 0.3) is 11.3 Å². The van der Waals surface area contributed by atoms with E-state index in [2.05, 4.69) is 12.1 Å². The highest BCUT2D eigenvalue weighted by molar-refractivity contribution is 7.14. The molecule has 0 aliphatic rings. The van der Waals surface area contributed by atoms with Crippen molar-refractivity contribution in [3.63, 3.8) is 0 Å². The van der Waals surface area contributed by atoms with E-state index in [0.717, 1.165) is 16.8 Å². The lowest BCUT2D eigenvalue weighted by atomic mass is 10.1. The summed E-state index contributed by atoms with van der Waals surface area (Å²) in [6, 6.07) is 23.3. The van der Waals surface area contributed by atoms with Crippen LogP contribution in [0.2, 0.25) is 0 Å². The minimum atomic E-state index is -0.220. The Morgan fingerprint density at radius 3 is 2.12 bits per heavy atom. The summed E-state index contributed by atoms with van der Waals surface area (Å²) in [4.78, 5) is 20.4. The summed E-state index contributed by atoms with van der Waals surface area (Å²) in [5, 5.41) is 2.59. The molecule has 4 aromatic rings. The summed E-state index contributed by atoms with van der Waals surface area (Å²) < 4.78 is 16.3. The molecule has 6 nitrogen and oxygen atoms in total. The van der Waals surface area contributed by atoms with E-state index in [9.17, 15) is 4.79 Å². The number of benzene rings is 3. The lowest BCUT2D eigenvalue weighted by Crippen LogP contribution is -2.33. The van der Waals surface area contributed by atoms with Gasteiger partial charge in [0.05, 0.1) is 32.6 Å². The maximum Gasteiger partial charge on any atom is 0.263 e. The second kappa shape index (κ2) is 10.9. The normalized spacial score (nSPS) is 10.6. The predicted molar refractivity (Wildman–Crippen MR) is 135 cm³/mol. The van der Waals surface area contributed by atoms with Crippen molar-refractivity contribution >= 4 is 22.4 Å². The first-order chi connectivity index (χ1) is 16.6. The number of hydrogen-bond donors (Lipinski definition) is 0. The SMILES string of the molecule is COc1cc(OC)c(C(=O)N(CCc2ccccc2)c2nc(-c3ccccc3)cs2)cc1OC. The number of rotatable bonds is 9. The number of nitrogens with zero attached hydrogens (tertiary/aromatic N) is 2. The smallest absolute Gasteiger partial charge is 0.263 e. The van der Waals surface area contributed by atoms with E-state index in [-0.39, 0.29) is 5.91 Å². The van der Waals surface area contributed by atoms with E-state index in [1.54, 1.807) is 31.3 Å². The van der Waals surface area contributed by atoms with Gasteiger partial charge in [-0.15, -0.1) is 11.3 Å². The van der Waals surface area contributed by atoms with E-state index in [0.29, 0.717) is 40.9 Å². The largest absolute Gasteiger partial charge is 0.496 e. The van der Waals surface area contributed by atoms with Crippen LogP contribution >= 0.6 is 11.3 Å². The average molecular weight is 475 g/mol. The molecule has 1 aromatic heterocycles. The van der Waals surface area contributed by atoms with Crippen molar-refractivity contribution in [2.75, 3.05) is 32.8 Å². The maximum absolute atomic E-state index is 13.9. The minimum Gasteiger partial charge on any atom is -0.496 e. The van der Waals surface area contributed by atoms with Crippen molar-refractivity contribution in [3.8, 4) is 28.5 Å². The molecule has 0 bridgehead atoms. The molecule has 34 heavy (non-hydrogen) atoms. The van der Waals surface area contributed by atoms with Crippen LogP contribution < -0.4 is 19.1 Å². The fourth-order valence-corrected chi connectivity index (χ4v) is 4.50. The number of thiazole rings is 1. The molecular formula is C27H26N2O4S. The monoisotopic (exact) mass is 474 g/mol. The highest BCUT2D eigenvalue weighted by Crippen LogP contribution is 2.36. The number of carbonyl (C=O) groups excluding carboxylic acids is 1. The molecule has 0 spiro atoms. The molecule has 4 rings (SSSR count). The van der Waals surface area contributed by atoms with Gasteiger partial charge in [0.1, 0.15) is 5.75 Å². The number of amides is 1. The zero-order valence-electron chi connectivity index (χ0n) is 19.4. The summed E-state index contributed by atoms with van der Waals surface area (Å²) in [7, 11) is 4.62. The second-order valence-electron chi connectivity index (χ2n) is 7.48. The first kappa shape index (κ1) is 23.3. The van der Waals surface area contributed by atoms with Crippen LogP contribution in [0.15, 0.2) is 78.2 Å². The Hall–Kier alpha value is -3.84. The second-order valence-corrected chi connectivity index (χ2v) is 8.32. The van der Waals surface area contributed by atoms with E-state index in [1.165, 1.54) is 18.4 Å². The Morgan fingerprint density at radius 2 is 1.47 bits per heavy atom. The standard InChI is InChI=1S/C27H26N2O4S/c1-31-23-17-25(33-3)24(32-2)16-21(23)26(30)29(15-14-19-10-6-4-7-11-19)27-28-22(18-34-27)20-12-8-5-9-13-20/h4-13,16-18H,14-15H2,1-3H3. The van der Waals surface area contributed by atoms with Crippen LogP contribution in [-0.2, 0) is 6.42 Å². The molecule has 0 N–H and O–H groups in total. The van der Waals surface area contributed by atoms with Crippen LogP contribution in [0.3, 0.4) is 0 Å². The summed E-state index contributed by atoms with van der Waals surface area (Å²) in [5.74, 6) is 1.14. The van der Waals surface area contributed by atoms with E-state index in [4.69, 9.17) is 19.2 Å². The van der Waals surface area contributed by atoms with Crippen molar-refractivity contribution in [1.29, 1.82) is 0 Å². The molecular weight excluding hydrogens is 448 g/mol. The first-order valence-electron chi connectivity index (χ1n) is 10.8. The molecule has 174 valence electrons. The Balaban J connectivity index is 1.72. The number of hydrogen-bond acceptors (Lipinski definition) is 6. The van der Waals surface area contributed by atoms with Crippen LogP contribution in [0.4, 0.5) is 5.13 Å². The van der Waals surface area contributed by atoms with Gasteiger partial charge in [-0.25, -0.2) is 4.98 Å². The van der Waals surface area contributed by atoms with Crippen molar-refractivity contribution in [2.24, 2.45) is 0 Å². The van der Waals surface area contributed by atoms with Crippen molar-refractivity contribution in [2.45, 2.75) is 6.42 Å². The van der Waals surface area contributed by atoms with Gasteiger partial charge in [-0.2, -0.15) is 0 Å². The average Bonchev–Trinajstić information content (AvgIpc) is 3.39. The van der Waals surface area contributed by atoms with Gasteiger partial charge in [-0.3, -0.25) is 9.69 Å². The molecule has 0 aliphatic heterocycles. The molecule has 0 unspecified atom stereocenters. The topological polar surface area (TPSA) is 60.9 Å². The quantitative estimate of drug-likeness (QED) is 0.310. The van der Waals surface area contributed by atoms with Crippen LogP contribution in [0.5, 0.6) is 17.2 Å². The van der Waals surface area contributed by atoms with E-state index >= 15 is 0 Å². The summed E-state index contributed by atoms with van der Waals surface area (Å²) in [6.07, 6.45) is 0.683. The third kappa shape index (κ3) is 5.05. The Bertz CT molecular complexity index is 1240. The zero-order valence-corrected chi connectivity index (χ0v) is 20.2. The van der Waals surface area contributed by atoms with Crippen molar-refractivity contribution < 1.29 is 19.0 Å². The highest BCUT2D eigenvalue weighted by Gasteiger charge is 2.26. The molecule has 1 amide bonds. The Kier molecular flexibility index (Phi) is 7.44.